The predicted octanol–water partition coefficient (Wildman–Crippen LogP) is 2.02. The standard InChI is InChI=1S/C23H26N6O4/c24-21(30)18-5-2-6-19-20(18)26-15-27-22(19)25-14-16-3-1-4-17(13-16)33-12-11-28-7-9-29(10-8-28)23(31)32/h1-6,13,15H,7-12,14H2,(H2,24,30)(H,31,32)(H,25,26,27). The number of carbonyl (C=O) groups is 2. The number of carboxylic acid groups (broad SMARTS) is 1. The largest absolute Gasteiger partial charge is 0.492 e. The Balaban J connectivity index is 1.32. The minimum atomic E-state index is -0.861. The summed E-state index contributed by atoms with van der Waals surface area (Å²) < 4.78 is 5.91. The van der Waals surface area contributed by atoms with Crippen molar-refractivity contribution < 1.29 is 19.4 Å². The van der Waals surface area contributed by atoms with Gasteiger partial charge in [-0.2, -0.15) is 0 Å². The van der Waals surface area contributed by atoms with Crippen LogP contribution in [-0.4, -0.2) is 76.2 Å². The molecule has 0 spiro atoms. The molecular weight excluding hydrogens is 424 g/mol. The number of nitrogens with two attached hydrogens (primary N) is 1. The number of rotatable bonds is 8. The van der Waals surface area contributed by atoms with Crippen molar-refractivity contribution in [2.75, 3.05) is 44.6 Å². The molecule has 4 rings (SSSR count). The number of amides is 2. The second kappa shape index (κ2) is 10.1. The number of para-hydroxylation sites is 1. The maximum absolute atomic E-state index is 11.7. The zero-order chi connectivity index (χ0) is 23.2. The number of benzene rings is 2. The summed E-state index contributed by atoms with van der Waals surface area (Å²) >= 11 is 0. The first-order valence-electron chi connectivity index (χ1n) is 10.7. The second-order valence-corrected chi connectivity index (χ2v) is 7.75. The summed E-state index contributed by atoms with van der Waals surface area (Å²) in [6, 6.07) is 13.0. The summed E-state index contributed by atoms with van der Waals surface area (Å²) in [5.74, 6) is 0.857. The van der Waals surface area contributed by atoms with E-state index in [-0.39, 0.29) is 0 Å². The molecule has 0 unspecified atom stereocenters. The maximum Gasteiger partial charge on any atom is 0.407 e. The topological polar surface area (TPSA) is 134 Å². The van der Waals surface area contributed by atoms with E-state index in [1.54, 1.807) is 12.1 Å². The van der Waals surface area contributed by atoms with Crippen molar-refractivity contribution in [2.24, 2.45) is 5.73 Å². The monoisotopic (exact) mass is 450 g/mol. The molecule has 1 aliphatic heterocycles. The van der Waals surface area contributed by atoms with Gasteiger partial charge in [-0.1, -0.05) is 18.2 Å². The van der Waals surface area contributed by atoms with Crippen LogP contribution in [0.2, 0.25) is 0 Å². The number of nitrogens with one attached hydrogen (secondary N) is 1. The van der Waals surface area contributed by atoms with Crippen molar-refractivity contribution >= 4 is 28.7 Å². The van der Waals surface area contributed by atoms with E-state index in [9.17, 15) is 9.59 Å². The van der Waals surface area contributed by atoms with Gasteiger partial charge in [0.2, 0.25) is 0 Å². The van der Waals surface area contributed by atoms with E-state index in [2.05, 4.69) is 20.2 Å². The lowest BCUT2D eigenvalue weighted by atomic mass is 10.1. The van der Waals surface area contributed by atoms with Crippen LogP contribution in [0.3, 0.4) is 0 Å². The molecule has 0 aliphatic carbocycles. The van der Waals surface area contributed by atoms with Crippen molar-refractivity contribution in [1.82, 2.24) is 19.8 Å². The number of anilines is 1. The van der Waals surface area contributed by atoms with Gasteiger partial charge < -0.3 is 25.8 Å². The first-order chi connectivity index (χ1) is 16.0. The predicted molar refractivity (Wildman–Crippen MR) is 123 cm³/mol. The van der Waals surface area contributed by atoms with Crippen molar-refractivity contribution in [2.45, 2.75) is 6.54 Å². The Morgan fingerprint density at radius 2 is 1.88 bits per heavy atom. The van der Waals surface area contributed by atoms with Gasteiger partial charge in [0, 0.05) is 44.7 Å². The van der Waals surface area contributed by atoms with Gasteiger partial charge in [0.15, 0.2) is 0 Å². The van der Waals surface area contributed by atoms with E-state index >= 15 is 0 Å². The highest BCUT2D eigenvalue weighted by Crippen LogP contribution is 2.23. The van der Waals surface area contributed by atoms with Crippen molar-refractivity contribution in [3.63, 3.8) is 0 Å². The lowest BCUT2D eigenvalue weighted by Gasteiger charge is -2.32. The molecule has 172 valence electrons. The van der Waals surface area contributed by atoms with E-state index in [0.29, 0.717) is 56.2 Å². The molecule has 0 saturated carbocycles. The third-order valence-electron chi connectivity index (χ3n) is 5.61. The number of ether oxygens (including phenoxy) is 1. The molecule has 10 nitrogen and oxygen atoms in total. The Morgan fingerprint density at radius 1 is 1.09 bits per heavy atom. The van der Waals surface area contributed by atoms with Crippen LogP contribution in [-0.2, 0) is 6.54 Å². The minimum absolute atomic E-state index is 0.359. The molecule has 10 heteroatoms. The van der Waals surface area contributed by atoms with Crippen molar-refractivity contribution in [3.05, 3.63) is 59.9 Å². The normalized spacial score (nSPS) is 14.2. The number of nitrogens with zero attached hydrogens (tertiary/aromatic N) is 4. The Labute approximate surface area is 191 Å². The quantitative estimate of drug-likeness (QED) is 0.475. The number of carbonyl (C=O) groups excluding carboxylic acids is 1. The van der Waals surface area contributed by atoms with Gasteiger partial charge in [-0.3, -0.25) is 9.69 Å². The summed E-state index contributed by atoms with van der Waals surface area (Å²) in [5, 5.41) is 13.1. The van der Waals surface area contributed by atoms with Crippen LogP contribution in [0.5, 0.6) is 5.75 Å². The van der Waals surface area contributed by atoms with Gasteiger partial charge in [0.05, 0.1) is 11.1 Å². The number of hydrogen-bond donors (Lipinski definition) is 3. The second-order valence-electron chi connectivity index (χ2n) is 7.75. The fourth-order valence-corrected chi connectivity index (χ4v) is 3.81. The number of hydrogen-bond acceptors (Lipinski definition) is 7. The molecule has 2 aromatic carbocycles. The van der Waals surface area contributed by atoms with Gasteiger partial charge >= 0.3 is 6.09 Å². The van der Waals surface area contributed by atoms with Gasteiger partial charge in [-0.25, -0.2) is 14.8 Å². The molecule has 4 N–H and O–H groups in total. The summed E-state index contributed by atoms with van der Waals surface area (Å²) in [4.78, 5) is 34.8. The molecular formula is C23H26N6O4. The summed E-state index contributed by atoms with van der Waals surface area (Å²) in [7, 11) is 0. The van der Waals surface area contributed by atoms with E-state index in [1.807, 2.05) is 30.3 Å². The highest BCUT2D eigenvalue weighted by atomic mass is 16.5. The van der Waals surface area contributed by atoms with Gasteiger partial charge in [0.25, 0.3) is 5.91 Å². The fourth-order valence-electron chi connectivity index (χ4n) is 3.81. The third-order valence-corrected chi connectivity index (χ3v) is 5.61. The van der Waals surface area contributed by atoms with Crippen molar-refractivity contribution in [3.8, 4) is 5.75 Å². The minimum Gasteiger partial charge on any atom is -0.492 e. The average molecular weight is 450 g/mol. The molecule has 0 atom stereocenters. The van der Waals surface area contributed by atoms with Gasteiger partial charge in [-0.05, 0) is 29.8 Å². The molecule has 0 radical (unpaired) electrons. The highest BCUT2D eigenvalue weighted by Gasteiger charge is 2.20. The molecule has 1 aliphatic rings. The van der Waals surface area contributed by atoms with Crippen LogP contribution < -0.4 is 15.8 Å². The number of primary amides is 1. The molecule has 1 fully saturated rings. The number of fused-ring (bicyclic) bond motifs is 1. The molecule has 0 bridgehead atoms. The van der Waals surface area contributed by atoms with E-state index in [1.165, 1.54) is 11.2 Å². The fraction of sp³-hybridized carbons (Fsp3) is 0.304. The SMILES string of the molecule is NC(=O)c1cccc2c(NCc3cccc(OCCN4CCN(C(=O)O)CC4)c3)ncnc12. The number of aromatic nitrogens is 2. The smallest absolute Gasteiger partial charge is 0.407 e. The van der Waals surface area contributed by atoms with Crippen LogP contribution in [0.15, 0.2) is 48.8 Å². The maximum atomic E-state index is 11.7. The zero-order valence-corrected chi connectivity index (χ0v) is 18.1. The highest BCUT2D eigenvalue weighted by molar-refractivity contribution is 6.06. The van der Waals surface area contributed by atoms with Crippen LogP contribution in [0.25, 0.3) is 10.9 Å². The summed E-state index contributed by atoms with van der Waals surface area (Å²) in [6.07, 6.45) is 0.548. The molecule has 33 heavy (non-hydrogen) atoms. The van der Waals surface area contributed by atoms with Gasteiger partial charge in [0.1, 0.15) is 24.5 Å². The van der Waals surface area contributed by atoms with E-state index < -0.39 is 12.0 Å². The molecule has 2 heterocycles. The van der Waals surface area contributed by atoms with Gasteiger partial charge in [-0.15, -0.1) is 0 Å². The van der Waals surface area contributed by atoms with Crippen LogP contribution in [0, 0.1) is 0 Å². The first-order valence-corrected chi connectivity index (χ1v) is 10.7. The van der Waals surface area contributed by atoms with Crippen LogP contribution in [0.4, 0.5) is 10.6 Å². The van der Waals surface area contributed by atoms with Crippen molar-refractivity contribution in [1.29, 1.82) is 0 Å². The zero-order valence-electron chi connectivity index (χ0n) is 18.1. The first kappa shape index (κ1) is 22.3. The van der Waals surface area contributed by atoms with E-state index in [4.69, 9.17) is 15.6 Å². The number of piperazine rings is 1. The Bertz CT molecular complexity index is 1150. The summed E-state index contributed by atoms with van der Waals surface area (Å²) in [6.45, 7) is 4.25. The van der Waals surface area contributed by atoms with Crippen LogP contribution in [0.1, 0.15) is 15.9 Å². The lowest BCUT2D eigenvalue weighted by Crippen LogP contribution is -2.49. The molecule has 1 saturated heterocycles. The molecule has 1 aromatic heterocycles. The lowest BCUT2D eigenvalue weighted by molar-refractivity contribution is 0.0982. The Kier molecular flexibility index (Phi) is 6.84. The molecule has 3 aromatic rings. The average Bonchev–Trinajstić information content (AvgIpc) is 2.83. The molecule has 2 amide bonds. The summed E-state index contributed by atoms with van der Waals surface area (Å²) in [5.41, 5.74) is 7.35. The van der Waals surface area contributed by atoms with E-state index in [0.717, 1.165) is 23.2 Å². The third kappa shape index (κ3) is 5.47. The Hall–Kier alpha value is -3.92. The Morgan fingerprint density at radius 3 is 2.64 bits per heavy atom. The van der Waals surface area contributed by atoms with Crippen LogP contribution >= 0.6 is 0 Å².